The lowest BCUT2D eigenvalue weighted by Crippen LogP contribution is -2.57. The lowest BCUT2D eigenvalue weighted by Gasteiger charge is -2.35. The summed E-state index contributed by atoms with van der Waals surface area (Å²) in [5.41, 5.74) is 0.479. The number of halogens is 5. The average Bonchev–Trinajstić information content (AvgIpc) is 2.51. The molecule has 0 aromatic heterocycles. The van der Waals surface area contributed by atoms with E-state index in [1.54, 1.807) is 12.1 Å². The Bertz CT molecular complexity index is 578. The molecule has 1 aliphatic heterocycles. The Morgan fingerprint density at radius 2 is 1.96 bits per heavy atom. The summed E-state index contributed by atoms with van der Waals surface area (Å²) < 4.78 is 39.7. The Labute approximate surface area is 148 Å². The second-order valence-electron chi connectivity index (χ2n) is 5.56. The Kier molecular flexibility index (Phi) is 6.74. The van der Waals surface area contributed by atoms with Crippen molar-refractivity contribution in [1.29, 1.82) is 0 Å². The molecule has 24 heavy (non-hydrogen) atoms. The van der Waals surface area contributed by atoms with Crippen LogP contribution >= 0.6 is 23.2 Å². The van der Waals surface area contributed by atoms with Gasteiger partial charge in [0.2, 0.25) is 5.91 Å². The van der Waals surface area contributed by atoms with E-state index in [0.717, 1.165) is 0 Å². The smallest absolute Gasteiger partial charge is 0.354 e. The monoisotopic (exact) mass is 383 g/mol. The zero-order chi connectivity index (χ0) is 17.7. The third-order valence-electron chi connectivity index (χ3n) is 3.82. The molecule has 1 aromatic rings. The highest BCUT2D eigenvalue weighted by Crippen LogP contribution is 2.25. The summed E-state index contributed by atoms with van der Waals surface area (Å²) in [4.78, 5) is 13.3. The number of nitrogens with zero attached hydrogens (tertiary/aromatic N) is 1. The van der Waals surface area contributed by atoms with Crippen molar-refractivity contribution in [2.24, 2.45) is 0 Å². The van der Waals surface area contributed by atoms with Crippen LogP contribution in [0.15, 0.2) is 18.2 Å². The van der Waals surface area contributed by atoms with E-state index in [-0.39, 0.29) is 6.42 Å². The molecule has 1 heterocycles. The molecule has 2 rings (SSSR count). The molecule has 0 saturated carbocycles. The topological polar surface area (TPSA) is 44.4 Å². The molecule has 2 N–H and O–H groups in total. The van der Waals surface area contributed by atoms with Crippen molar-refractivity contribution in [3.63, 3.8) is 0 Å². The maximum atomic E-state index is 13.2. The maximum Gasteiger partial charge on any atom is 0.405 e. The molecule has 0 radical (unpaired) electrons. The van der Waals surface area contributed by atoms with E-state index in [4.69, 9.17) is 23.2 Å². The van der Waals surface area contributed by atoms with Crippen molar-refractivity contribution in [3.8, 4) is 0 Å². The van der Waals surface area contributed by atoms with Crippen LogP contribution in [0.25, 0.3) is 0 Å². The van der Waals surface area contributed by atoms with Gasteiger partial charge in [0.1, 0.15) is 6.04 Å². The molecule has 1 saturated heterocycles. The van der Waals surface area contributed by atoms with Crippen LogP contribution in [0.5, 0.6) is 0 Å². The number of carbonyl (C=O) groups excluding carboxylic acids is 1. The second kappa shape index (κ2) is 8.38. The molecule has 1 aliphatic rings. The van der Waals surface area contributed by atoms with Crippen LogP contribution in [-0.4, -0.2) is 55.7 Å². The van der Waals surface area contributed by atoms with Crippen LogP contribution in [0.4, 0.5) is 13.2 Å². The van der Waals surface area contributed by atoms with Crippen molar-refractivity contribution in [3.05, 3.63) is 33.8 Å². The van der Waals surface area contributed by atoms with E-state index in [1.165, 1.54) is 11.0 Å². The minimum absolute atomic E-state index is 0.120. The minimum atomic E-state index is -4.40. The first-order chi connectivity index (χ1) is 11.3. The van der Waals surface area contributed by atoms with Gasteiger partial charge >= 0.3 is 6.18 Å². The van der Waals surface area contributed by atoms with Crippen LogP contribution in [0.1, 0.15) is 5.56 Å². The molecule has 1 atom stereocenters. The molecular weight excluding hydrogens is 366 g/mol. The lowest BCUT2D eigenvalue weighted by molar-refractivity contribution is -0.184. The van der Waals surface area contributed by atoms with Gasteiger partial charge in [0, 0.05) is 42.8 Å². The molecule has 0 aliphatic carbocycles. The van der Waals surface area contributed by atoms with Gasteiger partial charge in [0.25, 0.3) is 0 Å². The maximum absolute atomic E-state index is 13.2. The summed E-state index contributed by atoms with van der Waals surface area (Å²) in [5.74, 6) is -0.524. The summed E-state index contributed by atoms with van der Waals surface area (Å²) in [6.07, 6.45) is -4.52. The fourth-order valence-electron chi connectivity index (χ4n) is 2.57. The van der Waals surface area contributed by atoms with Crippen LogP contribution in [0.2, 0.25) is 10.0 Å². The Balaban J connectivity index is 1.95. The number of alkyl halides is 3. The van der Waals surface area contributed by atoms with Crippen molar-refractivity contribution >= 4 is 29.1 Å². The van der Waals surface area contributed by atoms with Gasteiger partial charge < -0.3 is 10.6 Å². The quantitative estimate of drug-likeness (QED) is 0.820. The summed E-state index contributed by atoms with van der Waals surface area (Å²) in [6.45, 7) is 1.10. The molecule has 0 bridgehead atoms. The molecule has 1 amide bonds. The Hall–Kier alpha value is -1.02. The van der Waals surface area contributed by atoms with E-state index < -0.39 is 24.7 Å². The fraction of sp³-hybridized carbons (Fsp3) is 0.533. The lowest BCUT2D eigenvalue weighted by atomic mass is 10.1. The van der Waals surface area contributed by atoms with E-state index in [2.05, 4.69) is 10.6 Å². The van der Waals surface area contributed by atoms with Gasteiger partial charge in [-0.1, -0.05) is 23.2 Å². The number of rotatable bonds is 5. The standard InChI is InChI=1S/C15H18Cl2F3N3O/c16-11-1-2-12(17)10(7-11)8-14(24)22-9-13(15(18,19)20)23-5-3-21-4-6-23/h1-2,7,13,21H,3-6,8-9H2,(H,22,24). The van der Waals surface area contributed by atoms with Crippen molar-refractivity contribution in [2.75, 3.05) is 32.7 Å². The van der Waals surface area contributed by atoms with Crippen LogP contribution < -0.4 is 10.6 Å². The third kappa shape index (κ3) is 5.51. The molecule has 134 valence electrons. The van der Waals surface area contributed by atoms with Gasteiger partial charge in [-0.15, -0.1) is 0 Å². The molecule has 1 unspecified atom stereocenters. The predicted molar refractivity (Wildman–Crippen MR) is 87.5 cm³/mol. The fourth-order valence-corrected chi connectivity index (χ4v) is 2.95. The van der Waals surface area contributed by atoms with E-state index in [0.29, 0.717) is 41.8 Å². The first-order valence-electron chi connectivity index (χ1n) is 7.49. The number of hydrogen-bond acceptors (Lipinski definition) is 3. The number of piperazine rings is 1. The van der Waals surface area contributed by atoms with Crippen LogP contribution in [0.3, 0.4) is 0 Å². The highest BCUT2D eigenvalue weighted by molar-refractivity contribution is 6.33. The summed E-state index contributed by atoms with van der Waals surface area (Å²) in [6, 6.07) is 2.96. The second-order valence-corrected chi connectivity index (χ2v) is 6.40. The molecule has 4 nitrogen and oxygen atoms in total. The SMILES string of the molecule is O=C(Cc1cc(Cl)ccc1Cl)NCC(N1CCNCC1)C(F)(F)F. The van der Waals surface area contributed by atoms with Gasteiger partial charge in [-0.05, 0) is 23.8 Å². The van der Waals surface area contributed by atoms with Crippen molar-refractivity contribution in [2.45, 2.75) is 18.6 Å². The highest BCUT2D eigenvalue weighted by Gasteiger charge is 2.43. The first-order valence-corrected chi connectivity index (χ1v) is 8.25. The molecule has 1 aromatic carbocycles. The van der Waals surface area contributed by atoms with E-state index in [1.807, 2.05) is 0 Å². The van der Waals surface area contributed by atoms with E-state index in [9.17, 15) is 18.0 Å². The zero-order valence-electron chi connectivity index (χ0n) is 12.8. The van der Waals surface area contributed by atoms with Gasteiger partial charge in [-0.25, -0.2) is 0 Å². The number of hydrogen-bond donors (Lipinski definition) is 2. The van der Waals surface area contributed by atoms with Gasteiger partial charge in [-0.2, -0.15) is 13.2 Å². The number of amides is 1. The Morgan fingerprint density at radius 1 is 1.29 bits per heavy atom. The number of carbonyl (C=O) groups is 1. The molecular formula is C15H18Cl2F3N3O. The highest BCUT2D eigenvalue weighted by atomic mass is 35.5. The minimum Gasteiger partial charge on any atom is -0.354 e. The average molecular weight is 384 g/mol. The van der Waals surface area contributed by atoms with Gasteiger partial charge in [-0.3, -0.25) is 9.69 Å². The number of benzene rings is 1. The van der Waals surface area contributed by atoms with Crippen LogP contribution in [-0.2, 0) is 11.2 Å². The predicted octanol–water partition coefficient (Wildman–Crippen LogP) is 2.49. The largest absolute Gasteiger partial charge is 0.405 e. The van der Waals surface area contributed by atoms with Gasteiger partial charge in [0.05, 0.1) is 6.42 Å². The molecule has 0 spiro atoms. The summed E-state index contributed by atoms with van der Waals surface area (Å²) in [5, 5.41) is 6.13. The Morgan fingerprint density at radius 3 is 2.58 bits per heavy atom. The van der Waals surface area contributed by atoms with Gasteiger partial charge in [0.15, 0.2) is 0 Å². The normalized spacial score (nSPS) is 17.5. The van der Waals surface area contributed by atoms with Crippen molar-refractivity contribution in [1.82, 2.24) is 15.5 Å². The molecule has 1 fully saturated rings. The number of nitrogens with one attached hydrogen (secondary N) is 2. The van der Waals surface area contributed by atoms with Crippen LogP contribution in [0, 0.1) is 0 Å². The third-order valence-corrected chi connectivity index (χ3v) is 4.43. The summed E-state index contributed by atoms with van der Waals surface area (Å²) >= 11 is 11.8. The first kappa shape index (κ1) is 19.3. The van der Waals surface area contributed by atoms with E-state index >= 15 is 0 Å². The zero-order valence-corrected chi connectivity index (χ0v) is 14.3. The summed E-state index contributed by atoms with van der Waals surface area (Å²) in [7, 11) is 0. The van der Waals surface area contributed by atoms with Crippen molar-refractivity contribution < 1.29 is 18.0 Å². The molecule has 9 heteroatoms.